The molecule has 0 unspecified atom stereocenters. The summed E-state index contributed by atoms with van der Waals surface area (Å²) in [6.07, 6.45) is 3.61. The van der Waals surface area contributed by atoms with Crippen LogP contribution in [0.2, 0.25) is 0 Å². The highest BCUT2D eigenvalue weighted by Crippen LogP contribution is 2.19. The van der Waals surface area contributed by atoms with Gasteiger partial charge in [0.1, 0.15) is 12.1 Å². The minimum atomic E-state index is -0.215. The molecule has 0 aliphatic carbocycles. The third kappa shape index (κ3) is 2.52. The molecule has 1 aromatic rings. The number of hydrogen-bond donors (Lipinski definition) is 0. The zero-order valence-electron chi connectivity index (χ0n) is 8.33. The lowest BCUT2D eigenvalue weighted by atomic mass is 10.0. The number of carbonyl (C=O) groups is 1. The molecule has 1 aromatic carbocycles. The smallest absolute Gasteiger partial charge is 0.142 e. The van der Waals surface area contributed by atoms with Gasteiger partial charge in [0.05, 0.1) is 0 Å². The van der Waals surface area contributed by atoms with E-state index in [1.807, 2.05) is 13.8 Å². The molecule has 1 nitrogen and oxygen atoms in total. The van der Waals surface area contributed by atoms with Gasteiger partial charge >= 0.3 is 0 Å². The number of carbonyl (C=O) groups excluding carboxylic acids is 1. The van der Waals surface area contributed by atoms with Crippen molar-refractivity contribution in [3.8, 4) is 0 Å². The second-order valence-electron chi connectivity index (χ2n) is 3.43. The highest BCUT2D eigenvalue weighted by molar-refractivity contribution is 5.73. The Balaban J connectivity index is 3.00. The van der Waals surface area contributed by atoms with Gasteiger partial charge in [-0.2, -0.15) is 0 Å². The maximum Gasteiger partial charge on any atom is 0.142 e. The Morgan fingerprint density at radius 3 is 2.57 bits per heavy atom. The van der Waals surface area contributed by atoms with Gasteiger partial charge in [-0.05, 0) is 29.2 Å². The zero-order valence-corrected chi connectivity index (χ0v) is 8.33. The van der Waals surface area contributed by atoms with Crippen LogP contribution in [0.5, 0.6) is 0 Å². The van der Waals surface area contributed by atoms with Gasteiger partial charge in [0.2, 0.25) is 0 Å². The molecular formula is C12H13FO. The molecule has 0 saturated heterocycles. The van der Waals surface area contributed by atoms with E-state index in [4.69, 9.17) is 0 Å². The predicted octanol–water partition coefficient (Wildman–Crippen LogP) is 3.16. The fourth-order valence-corrected chi connectivity index (χ4v) is 1.27. The van der Waals surface area contributed by atoms with Crippen LogP contribution in [0.25, 0.3) is 6.08 Å². The Bertz CT molecular complexity index is 353. The van der Waals surface area contributed by atoms with E-state index in [1.165, 1.54) is 12.1 Å². The van der Waals surface area contributed by atoms with E-state index in [1.54, 1.807) is 18.2 Å². The molecule has 0 aliphatic rings. The first-order valence-electron chi connectivity index (χ1n) is 4.56. The first-order chi connectivity index (χ1) is 6.65. The second-order valence-corrected chi connectivity index (χ2v) is 3.43. The largest absolute Gasteiger partial charge is 0.299 e. The monoisotopic (exact) mass is 192 g/mol. The van der Waals surface area contributed by atoms with Crippen LogP contribution in [0.15, 0.2) is 24.3 Å². The Morgan fingerprint density at radius 2 is 2.07 bits per heavy atom. The van der Waals surface area contributed by atoms with Crippen molar-refractivity contribution in [2.75, 3.05) is 0 Å². The molecule has 0 bridgehead atoms. The van der Waals surface area contributed by atoms with Crippen LogP contribution < -0.4 is 0 Å². The summed E-state index contributed by atoms with van der Waals surface area (Å²) >= 11 is 0. The van der Waals surface area contributed by atoms with E-state index in [2.05, 4.69) is 0 Å². The van der Waals surface area contributed by atoms with Crippen LogP contribution in [-0.2, 0) is 4.79 Å². The van der Waals surface area contributed by atoms with Gasteiger partial charge in [0.25, 0.3) is 0 Å². The highest BCUT2D eigenvalue weighted by Gasteiger charge is 2.05. The van der Waals surface area contributed by atoms with E-state index < -0.39 is 0 Å². The van der Waals surface area contributed by atoms with Crippen molar-refractivity contribution in [2.45, 2.75) is 19.8 Å². The molecule has 0 aliphatic heterocycles. The van der Waals surface area contributed by atoms with E-state index >= 15 is 0 Å². The molecule has 0 fully saturated rings. The zero-order chi connectivity index (χ0) is 10.6. The van der Waals surface area contributed by atoms with E-state index in [0.29, 0.717) is 17.4 Å². The highest BCUT2D eigenvalue weighted by atomic mass is 19.1. The molecule has 0 aromatic heterocycles. The van der Waals surface area contributed by atoms with Crippen molar-refractivity contribution in [1.29, 1.82) is 0 Å². The predicted molar refractivity (Wildman–Crippen MR) is 55.6 cm³/mol. The number of allylic oxidation sites excluding steroid dienone is 1. The Hall–Kier alpha value is -1.44. The summed E-state index contributed by atoms with van der Waals surface area (Å²) in [5, 5.41) is 0. The van der Waals surface area contributed by atoms with Crippen molar-refractivity contribution < 1.29 is 9.18 Å². The van der Waals surface area contributed by atoms with Crippen LogP contribution >= 0.6 is 0 Å². The maximum atomic E-state index is 13.4. The molecule has 1 rings (SSSR count). The summed E-state index contributed by atoms with van der Waals surface area (Å²) in [5.41, 5.74) is 1.41. The van der Waals surface area contributed by atoms with E-state index in [0.717, 1.165) is 0 Å². The maximum absolute atomic E-state index is 13.4. The lowest BCUT2D eigenvalue weighted by molar-refractivity contribution is -0.104. The minimum Gasteiger partial charge on any atom is -0.299 e. The van der Waals surface area contributed by atoms with Crippen LogP contribution in [0.4, 0.5) is 4.39 Å². The SMILES string of the molecule is CC(C)c1ccc(/C=C/C=O)cc1F. The van der Waals surface area contributed by atoms with Crippen LogP contribution in [0.1, 0.15) is 30.9 Å². The fraction of sp³-hybridized carbons (Fsp3) is 0.250. The first kappa shape index (κ1) is 10.6. The standard InChI is InChI=1S/C12H13FO/c1-9(2)11-6-5-10(4-3-7-14)8-12(11)13/h3-9H,1-2H3/b4-3+. The van der Waals surface area contributed by atoms with Gasteiger partial charge in [-0.1, -0.05) is 32.1 Å². The number of rotatable bonds is 3. The Morgan fingerprint density at radius 1 is 1.36 bits per heavy atom. The lowest BCUT2D eigenvalue weighted by Gasteiger charge is -2.06. The summed E-state index contributed by atoms with van der Waals surface area (Å²) in [7, 11) is 0. The molecule has 0 N–H and O–H groups in total. The summed E-state index contributed by atoms with van der Waals surface area (Å²) in [4.78, 5) is 10.1. The molecular weight excluding hydrogens is 179 g/mol. The quantitative estimate of drug-likeness (QED) is 0.531. The molecule has 2 heteroatoms. The molecule has 0 radical (unpaired) electrons. The van der Waals surface area contributed by atoms with E-state index in [-0.39, 0.29) is 11.7 Å². The summed E-state index contributed by atoms with van der Waals surface area (Å²) in [6.45, 7) is 3.89. The molecule has 0 atom stereocenters. The van der Waals surface area contributed by atoms with Gasteiger partial charge in [-0.15, -0.1) is 0 Å². The van der Waals surface area contributed by atoms with Crippen LogP contribution in [0, 0.1) is 5.82 Å². The van der Waals surface area contributed by atoms with E-state index in [9.17, 15) is 9.18 Å². The third-order valence-corrected chi connectivity index (χ3v) is 2.01. The summed E-state index contributed by atoms with van der Waals surface area (Å²) < 4.78 is 13.4. The van der Waals surface area contributed by atoms with Gasteiger partial charge in [-0.3, -0.25) is 4.79 Å². The lowest BCUT2D eigenvalue weighted by Crippen LogP contribution is -1.92. The van der Waals surface area contributed by atoms with Crippen molar-refractivity contribution in [3.05, 3.63) is 41.2 Å². The third-order valence-electron chi connectivity index (χ3n) is 2.01. The Labute approximate surface area is 83.3 Å². The van der Waals surface area contributed by atoms with Gasteiger partial charge in [0.15, 0.2) is 0 Å². The van der Waals surface area contributed by atoms with Crippen molar-refractivity contribution in [3.63, 3.8) is 0 Å². The van der Waals surface area contributed by atoms with Gasteiger partial charge in [0, 0.05) is 0 Å². The molecule has 0 saturated carbocycles. The van der Waals surface area contributed by atoms with Gasteiger partial charge < -0.3 is 0 Å². The fourth-order valence-electron chi connectivity index (χ4n) is 1.27. The average molecular weight is 192 g/mol. The van der Waals surface area contributed by atoms with Crippen molar-refractivity contribution >= 4 is 12.4 Å². The van der Waals surface area contributed by atoms with Crippen molar-refractivity contribution in [2.24, 2.45) is 0 Å². The molecule has 14 heavy (non-hydrogen) atoms. The number of halogens is 1. The van der Waals surface area contributed by atoms with Crippen LogP contribution in [0.3, 0.4) is 0 Å². The van der Waals surface area contributed by atoms with Crippen LogP contribution in [-0.4, -0.2) is 6.29 Å². The number of benzene rings is 1. The topological polar surface area (TPSA) is 17.1 Å². The van der Waals surface area contributed by atoms with Gasteiger partial charge in [-0.25, -0.2) is 4.39 Å². The first-order valence-corrected chi connectivity index (χ1v) is 4.56. The molecule has 0 heterocycles. The molecule has 0 amide bonds. The Kier molecular flexibility index (Phi) is 3.57. The molecule has 0 spiro atoms. The average Bonchev–Trinajstić information content (AvgIpc) is 2.14. The number of aldehydes is 1. The molecule has 74 valence electrons. The summed E-state index contributed by atoms with van der Waals surface area (Å²) in [6, 6.07) is 5.00. The summed E-state index contributed by atoms with van der Waals surface area (Å²) in [5.74, 6) is -0.0350. The van der Waals surface area contributed by atoms with Crippen molar-refractivity contribution in [1.82, 2.24) is 0 Å². The minimum absolute atomic E-state index is 0.180. The second kappa shape index (κ2) is 4.70. The number of hydrogen-bond acceptors (Lipinski definition) is 1. The normalized spacial score (nSPS) is 11.1.